The predicted molar refractivity (Wildman–Crippen MR) is 103 cm³/mol. The molecule has 3 nitrogen and oxygen atoms in total. The van der Waals surface area contributed by atoms with E-state index in [1.54, 1.807) is 11.3 Å². The van der Waals surface area contributed by atoms with Gasteiger partial charge in [0.05, 0.1) is 22.2 Å². The number of rotatable bonds is 4. The molecule has 0 N–H and O–H groups in total. The van der Waals surface area contributed by atoms with Crippen LogP contribution in [0.5, 0.6) is 0 Å². The third-order valence-electron chi connectivity index (χ3n) is 5.05. The van der Waals surface area contributed by atoms with Crippen molar-refractivity contribution in [3.8, 4) is 0 Å². The van der Waals surface area contributed by atoms with Crippen molar-refractivity contribution >= 4 is 39.1 Å². The van der Waals surface area contributed by atoms with Gasteiger partial charge < -0.3 is 4.90 Å². The van der Waals surface area contributed by atoms with Gasteiger partial charge in [-0.05, 0) is 42.7 Å². The van der Waals surface area contributed by atoms with Gasteiger partial charge in [-0.15, -0.1) is 11.3 Å². The molecule has 0 atom stereocenters. The third-order valence-corrected chi connectivity index (χ3v) is 6.31. The van der Waals surface area contributed by atoms with Crippen LogP contribution >= 0.6 is 22.9 Å². The van der Waals surface area contributed by atoms with Crippen LogP contribution in [0.2, 0.25) is 5.02 Å². The summed E-state index contributed by atoms with van der Waals surface area (Å²) in [4.78, 5) is 19.7. The summed E-state index contributed by atoms with van der Waals surface area (Å²) in [6.07, 6.45) is 2.85. The second-order valence-corrected chi connectivity index (χ2v) is 8.23. The van der Waals surface area contributed by atoms with Crippen molar-refractivity contribution in [2.75, 3.05) is 7.05 Å². The molecule has 3 aromatic rings. The Morgan fingerprint density at radius 3 is 2.72 bits per heavy atom. The summed E-state index contributed by atoms with van der Waals surface area (Å²) < 4.78 is 1.16. The van der Waals surface area contributed by atoms with Crippen LogP contribution in [0, 0.1) is 0 Å². The molecule has 2 aromatic carbocycles. The molecular formula is C20H19ClN2OS. The first-order valence-electron chi connectivity index (χ1n) is 8.44. The van der Waals surface area contributed by atoms with E-state index in [1.807, 2.05) is 54.4 Å². The van der Waals surface area contributed by atoms with Gasteiger partial charge in [-0.1, -0.05) is 42.3 Å². The Labute approximate surface area is 156 Å². The number of aromatic nitrogens is 1. The fraction of sp³-hybridized carbons (Fsp3) is 0.300. The topological polar surface area (TPSA) is 33.2 Å². The van der Waals surface area contributed by atoms with Crippen LogP contribution in [0.15, 0.2) is 48.5 Å². The number of benzene rings is 2. The smallest absolute Gasteiger partial charge is 0.233 e. The van der Waals surface area contributed by atoms with Crippen molar-refractivity contribution in [3.05, 3.63) is 64.1 Å². The van der Waals surface area contributed by atoms with Crippen molar-refractivity contribution in [2.24, 2.45) is 0 Å². The molecule has 1 aromatic heterocycles. The molecule has 0 unspecified atom stereocenters. The number of hydrogen-bond donors (Lipinski definition) is 0. The summed E-state index contributed by atoms with van der Waals surface area (Å²) in [6, 6.07) is 15.8. The molecule has 0 spiro atoms. The summed E-state index contributed by atoms with van der Waals surface area (Å²) in [5, 5.41) is 1.66. The summed E-state index contributed by atoms with van der Waals surface area (Å²) >= 11 is 7.81. The minimum absolute atomic E-state index is 0.167. The summed E-state index contributed by atoms with van der Waals surface area (Å²) in [7, 11) is 1.87. The van der Waals surface area contributed by atoms with Crippen molar-refractivity contribution in [2.45, 2.75) is 31.2 Å². The second-order valence-electron chi connectivity index (χ2n) is 6.68. The van der Waals surface area contributed by atoms with Gasteiger partial charge in [-0.2, -0.15) is 0 Å². The maximum atomic E-state index is 13.2. The third kappa shape index (κ3) is 2.94. The van der Waals surface area contributed by atoms with Crippen LogP contribution < -0.4 is 0 Å². The number of amides is 1. The van der Waals surface area contributed by atoms with Gasteiger partial charge in [0.15, 0.2) is 0 Å². The highest BCUT2D eigenvalue weighted by molar-refractivity contribution is 7.18. The average Bonchev–Trinajstić information content (AvgIpc) is 2.96. The van der Waals surface area contributed by atoms with Crippen molar-refractivity contribution < 1.29 is 4.79 Å². The van der Waals surface area contributed by atoms with Gasteiger partial charge in [-0.25, -0.2) is 4.98 Å². The Kier molecular flexibility index (Phi) is 4.26. The molecule has 128 valence electrons. The minimum atomic E-state index is -0.420. The quantitative estimate of drug-likeness (QED) is 0.645. The molecule has 1 heterocycles. The highest BCUT2D eigenvalue weighted by atomic mass is 35.5. The molecular weight excluding hydrogens is 352 g/mol. The first kappa shape index (κ1) is 16.6. The van der Waals surface area contributed by atoms with E-state index in [2.05, 4.69) is 11.1 Å². The summed E-state index contributed by atoms with van der Waals surface area (Å²) in [5.74, 6) is 0.167. The fourth-order valence-corrected chi connectivity index (χ4v) is 4.78. The van der Waals surface area contributed by atoms with E-state index in [1.165, 1.54) is 0 Å². The van der Waals surface area contributed by atoms with E-state index >= 15 is 0 Å². The van der Waals surface area contributed by atoms with Gasteiger partial charge in [0, 0.05) is 12.1 Å². The number of nitrogens with zero attached hydrogens (tertiary/aromatic N) is 2. The Morgan fingerprint density at radius 2 is 2.04 bits per heavy atom. The maximum absolute atomic E-state index is 13.2. The lowest BCUT2D eigenvalue weighted by Gasteiger charge is -2.43. The lowest BCUT2D eigenvalue weighted by atomic mass is 9.63. The SMILES string of the molecule is CN(Cc1nc2ccccc2s1)C(=O)C1(c2cccc(Cl)c2)CCC1. The molecule has 0 aliphatic heterocycles. The first-order valence-corrected chi connectivity index (χ1v) is 9.64. The zero-order valence-electron chi connectivity index (χ0n) is 14.0. The number of halogens is 1. The number of para-hydroxylation sites is 1. The fourth-order valence-electron chi connectivity index (χ4n) is 3.57. The standard InChI is InChI=1S/C20H19ClN2OS/c1-23(13-18-22-16-8-2-3-9-17(16)25-18)19(24)20(10-5-11-20)14-6-4-7-15(21)12-14/h2-4,6-9,12H,5,10-11,13H2,1H3. The molecule has 0 bridgehead atoms. The first-order chi connectivity index (χ1) is 12.1. The summed E-state index contributed by atoms with van der Waals surface area (Å²) in [5.41, 5.74) is 1.61. The zero-order chi connectivity index (χ0) is 17.4. The molecule has 0 saturated heterocycles. The summed E-state index contributed by atoms with van der Waals surface area (Å²) in [6.45, 7) is 0.542. The second kappa shape index (κ2) is 6.43. The highest BCUT2D eigenvalue weighted by Gasteiger charge is 2.47. The average molecular weight is 371 g/mol. The lowest BCUT2D eigenvalue weighted by Crippen LogP contribution is -2.49. The van der Waals surface area contributed by atoms with Crippen molar-refractivity contribution in [1.29, 1.82) is 0 Å². The Hall–Kier alpha value is -1.91. The molecule has 1 fully saturated rings. The number of thiazole rings is 1. The number of likely N-dealkylation sites (N-methyl/N-ethyl adjacent to an activating group) is 1. The molecule has 5 heteroatoms. The van der Waals surface area contributed by atoms with E-state index < -0.39 is 5.41 Å². The Balaban J connectivity index is 1.58. The molecule has 1 amide bonds. The number of hydrogen-bond acceptors (Lipinski definition) is 3. The van der Waals surface area contributed by atoms with E-state index in [4.69, 9.17) is 11.6 Å². The molecule has 0 radical (unpaired) electrons. The minimum Gasteiger partial charge on any atom is -0.338 e. The highest BCUT2D eigenvalue weighted by Crippen LogP contribution is 2.45. The van der Waals surface area contributed by atoms with Gasteiger partial charge in [0.25, 0.3) is 0 Å². The van der Waals surface area contributed by atoms with Crippen LogP contribution in [0.25, 0.3) is 10.2 Å². The predicted octanol–water partition coefficient (Wildman–Crippen LogP) is 5.03. The van der Waals surface area contributed by atoms with Crippen LogP contribution in [-0.4, -0.2) is 22.8 Å². The van der Waals surface area contributed by atoms with Crippen LogP contribution in [0.1, 0.15) is 29.8 Å². The molecule has 1 aliphatic carbocycles. The number of fused-ring (bicyclic) bond motifs is 1. The van der Waals surface area contributed by atoms with Crippen LogP contribution in [-0.2, 0) is 16.8 Å². The van der Waals surface area contributed by atoms with Crippen LogP contribution in [0.4, 0.5) is 0 Å². The van der Waals surface area contributed by atoms with Crippen LogP contribution in [0.3, 0.4) is 0 Å². The largest absolute Gasteiger partial charge is 0.338 e. The van der Waals surface area contributed by atoms with Crippen molar-refractivity contribution in [1.82, 2.24) is 9.88 Å². The molecule has 1 aliphatic rings. The van der Waals surface area contributed by atoms with Gasteiger partial charge >= 0.3 is 0 Å². The Morgan fingerprint density at radius 1 is 1.24 bits per heavy atom. The zero-order valence-corrected chi connectivity index (χ0v) is 15.6. The maximum Gasteiger partial charge on any atom is 0.233 e. The van der Waals surface area contributed by atoms with E-state index in [0.29, 0.717) is 11.6 Å². The van der Waals surface area contributed by atoms with E-state index in [9.17, 15) is 4.79 Å². The normalized spacial score (nSPS) is 15.8. The van der Waals surface area contributed by atoms with Gasteiger partial charge in [0.2, 0.25) is 5.91 Å². The number of carbonyl (C=O) groups excluding carboxylic acids is 1. The van der Waals surface area contributed by atoms with Gasteiger partial charge in [-0.3, -0.25) is 4.79 Å². The Bertz CT molecular complexity index is 899. The molecule has 1 saturated carbocycles. The van der Waals surface area contributed by atoms with Gasteiger partial charge in [0.1, 0.15) is 5.01 Å². The monoisotopic (exact) mass is 370 g/mol. The van der Waals surface area contributed by atoms with E-state index in [-0.39, 0.29) is 5.91 Å². The molecule has 25 heavy (non-hydrogen) atoms. The molecule has 4 rings (SSSR count). The van der Waals surface area contributed by atoms with E-state index in [0.717, 1.165) is 40.1 Å². The lowest BCUT2D eigenvalue weighted by molar-refractivity contribution is -0.140. The van der Waals surface area contributed by atoms with Crippen molar-refractivity contribution in [3.63, 3.8) is 0 Å². The number of carbonyl (C=O) groups is 1.